The van der Waals surface area contributed by atoms with Crippen LogP contribution in [-0.4, -0.2) is 39.9 Å². The van der Waals surface area contributed by atoms with Crippen molar-refractivity contribution in [2.75, 3.05) is 13.1 Å². The van der Waals surface area contributed by atoms with Crippen molar-refractivity contribution in [2.24, 2.45) is 5.73 Å². The summed E-state index contributed by atoms with van der Waals surface area (Å²) in [4.78, 5) is 23.0. The maximum atomic E-state index is 11.9. The van der Waals surface area contributed by atoms with Crippen molar-refractivity contribution in [2.45, 2.75) is 45.7 Å². The number of nitrogens with two attached hydrogens (primary N) is 1. The molecule has 2 amide bonds. The Labute approximate surface area is 124 Å². The van der Waals surface area contributed by atoms with Gasteiger partial charge in [0.2, 0.25) is 11.8 Å². The number of carbonyl (C=O) groups is 2. The zero-order valence-electron chi connectivity index (χ0n) is 12.6. The molecular weight excluding hydrogens is 272 g/mol. The lowest BCUT2D eigenvalue weighted by atomic mass is 10.2. The molecule has 1 aromatic heterocycles. The van der Waals surface area contributed by atoms with E-state index in [1.54, 1.807) is 13.1 Å². The van der Waals surface area contributed by atoms with E-state index in [1.807, 2.05) is 0 Å². The molecular formula is C13H24N6O2. The van der Waals surface area contributed by atoms with Gasteiger partial charge in [0.25, 0.3) is 0 Å². The lowest BCUT2D eigenvalue weighted by molar-refractivity contribution is -0.124. The van der Waals surface area contributed by atoms with E-state index in [0.717, 1.165) is 19.3 Å². The number of nitrogens with zero attached hydrogens (tertiary/aromatic N) is 3. The second-order valence-electron chi connectivity index (χ2n) is 4.84. The Balaban J connectivity index is 2.43. The fraction of sp³-hybridized carbons (Fsp3) is 0.692. The van der Waals surface area contributed by atoms with E-state index in [9.17, 15) is 9.59 Å². The molecule has 0 saturated heterocycles. The van der Waals surface area contributed by atoms with Crippen LogP contribution in [-0.2, 0) is 16.1 Å². The van der Waals surface area contributed by atoms with Crippen molar-refractivity contribution in [3.8, 4) is 0 Å². The predicted molar refractivity (Wildman–Crippen MR) is 78.2 cm³/mol. The third kappa shape index (κ3) is 5.90. The normalized spacial score (nSPS) is 12.0. The highest BCUT2D eigenvalue weighted by molar-refractivity contribution is 5.79. The fourth-order valence-electron chi connectivity index (χ4n) is 1.70. The van der Waals surface area contributed by atoms with Gasteiger partial charge in [0.05, 0.1) is 19.3 Å². The monoisotopic (exact) mass is 296 g/mol. The summed E-state index contributed by atoms with van der Waals surface area (Å²) in [5.74, 6) is -0.347. The maximum Gasteiger partial charge on any atom is 0.244 e. The van der Waals surface area contributed by atoms with Gasteiger partial charge in [-0.15, -0.1) is 5.10 Å². The molecule has 1 unspecified atom stereocenters. The first kappa shape index (κ1) is 17.1. The second-order valence-corrected chi connectivity index (χ2v) is 4.84. The summed E-state index contributed by atoms with van der Waals surface area (Å²) < 4.78 is 1.49. The van der Waals surface area contributed by atoms with Crippen LogP contribution < -0.4 is 16.4 Å². The van der Waals surface area contributed by atoms with Crippen LogP contribution in [0.25, 0.3) is 0 Å². The summed E-state index contributed by atoms with van der Waals surface area (Å²) in [6.07, 6.45) is 4.84. The molecule has 0 spiro atoms. The number of aromatic nitrogens is 3. The van der Waals surface area contributed by atoms with E-state index >= 15 is 0 Å². The first-order chi connectivity index (χ1) is 10.1. The van der Waals surface area contributed by atoms with Gasteiger partial charge in [0.1, 0.15) is 11.7 Å². The molecule has 8 nitrogen and oxygen atoms in total. The lowest BCUT2D eigenvalue weighted by Crippen LogP contribution is -2.32. The smallest absolute Gasteiger partial charge is 0.244 e. The molecule has 0 bridgehead atoms. The molecule has 1 heterocycles. The number of rotatable bonds is 9. The molecule has 0 aliphatic carbocycles. The van der Waals surface area contributed by atoms with Gasteiger partial charge in [-0.3, -0.25) is 9.59 Å². The van der Waals surface area contributed by atoms with Crippen LogP contribution in [0.15, 0.2) is 6.20 Å². The number of carbonyl (C=O) groups excluding carboxylic acids is 2. The van der Waals surface area contributed by atoms with E-state index < -0.39 is 6.04 Å². The first-order valence-electron chi connectivity index (χ1n) is 7.23. The van der Waals surface area contributed by atoms with E-state index in [4.69, 9.17) is 5.73 Å². The first-order valence-corrected chi connectivity index (χ1v) is 7.23. The summed E-state index contributed by atoms with van der Waals surface area (Å²) in [7, 11) is 0. The van der Waals surface area contributed by atoms with Crippen LogP contribution in [0.3, 0.4) is 0 Å². The van der Waals surface area contributed by atoms with Gasteiger partial charge >= 0.3 is 0 Å². The summed E-state index contributed by atoms with van der Waals surface area (Å²) in [5, 5.41) is 13.3. The molecule has 0 aliphatic rings. The Morgan fingerprint density at radius 3 is 2.81 bits per heavy atom. The summed E-state index contributed by atoms with van der Waals surface area (Å²) in [6.45, 7) is 4.73. The molecule has 118 valence electrons. The highest BCUT2D eigenvalue weighted by Crippen LogP contribution is 2.05. The Kier molecular flexibility index (Phi) is 7.38. The summed E-state index contributed by atoms with van der Waals surface area (Å²) >= 11 is 0. The predicted octanol–water partition coefficient (Wildman–Crippen LogP) is -0.280. The highest BCUT2D eigenvalue weighted by Gasteiger charge is 2.16. The quantitative estimate of drug-likeness (QED) is 0.542. The number of hydrogen-bond donors (Lipinski definition) is 3. The van der Waals surface area contributed by atoms with E-state index in [-0.39, 0.29) is 24.9 Å². The molecule has 0 fully saturated rings. The number of unbranched alkanes of at least 4 members (excludes halogenated alkanes) is 2. The molecule has 1 rings (SSSR count). The van der Waals surface area contributed by atoms with Crippen LogP contribution in [0, 0.1) is 0 Å². The summed E-state index contributed by atoms with van der Waals surface area (Å²) in [6, 6.07) is -0.432. The van der Waals surface area contributed by atoms with Crippen molar-refractivity contribution in [1.82, 2.24) is 25.6 Å². The average Bonchev–Trinajstić information content (AvgIpc) is 2.97. The van der Waals surface area contributed by atoms with Crippen molar-refractivity contribution < 1.29 is 9.59 Å². The minimum atomic E-state index is -0.432. The third-order valence-electron chi connectivity index (χ3n) is 3.07. The van der Waals surface area contributed by atoms with Gasteiger partial charge in [0.15, 0.2) is 0 Å². The molecule has 21 heavy (non-hydrogen) atoms. The number of hydrogen-bond acceptors (Lipinski definition) is 5. The molecule has 1 aromatic rings. The zero-order chi connectivity index (χ0) is 15.7. The van der Waals surface area contributed by atoms with E-state index in [1.165, 1.54) is 4.68 Å². The SMILES string of the molecule is CCCCCNC(=O)C(C)n1cc(CNC(=O)CN)nn1. The van der Waals surface area contributed by atoms with E-state index in [0.29, 0.717) is 12.2 Å². The lowest BCUT2D eigenvalue weighted by Gasteiger charge is -2.11. The number of nitrogens with one attached hydrogen (secondary N) is 2. The van der Waals surface area contributed by atoms with Crippen LogP contribution in [0.5, 0.6) is 0 Å². The third-order valence-corrected chi connectivity index (χ3v) is 3.07. The van der Waals surface area contributed by atoms with Crippen molar-refractivity contribution in [3.63, 3.8) is 0 Å². The Morgan fingerprint density at radius 2 is 2.14 bits per heavy atom. The minimum absolute atomic E-state index is 0.0648. The molecule has 0 aromatic carbocycles. The topological polar surface area (TPSA) is 115 Å². The molecule has 4 N–H and O–H groups in total. The van der Waals surface area contributed by atoms with E-state index in [2.05, 4.69) is 27.9 Å². The largest absolute Gasteiger partial charge is 0.354 e. The zero-order valence-corrected chi connectivity index (χ0v) is 12.6. The number of amides is 2. The van der Waals surface area contributed by atoms with Crippen molar-refractivity contribution in [3.05, 3.63) is 11.9 Å². The van der Waals surface area contributed by atoms with Gasteiger partial charge < -0.3 is 16.4 Å². The van der Waals surface area contributed by atoms with Crippen molar-refractivity contribution in [1.29, 1.82) is 0 Å². The molecule has 0 saturated carbocycles. The van der Waals surface area contributed by atoms with Crippen molar-refractivity contribution >= 4 is 11.8 Å². The average molecular weight is 296 g/mol. The standard InChI is InChI=1S/C13H24N6O2/c1-3-4-5-6-15-13(21)10(2)19-9-11(17-18-19)8-16-12(20)7-14/h9-10H,3-8,14H2,1-2H3,(H,15,21)(H,16,20). The molecule has 0 aliphatic heterocycles. The van der Waals surface area contributed by atoms with Gasteiger partial charge in [0, 0.05) is 6.54 Å². The fourth-order valence-corrected chi connectivity index (χ4v) is 1.70. The molecule has 8 heteroatoms. The second kappa shape index (κ2) is 9.06. The molecule has 0 radical (unpaired) electrons. The van der Waals surface area contributed by atoms with Crippen LogP contribution in [0.4, 0.5) is 0 Å². The molecule has 1 atom stereocenters. The van der Waals surface area contributed by atoms with Gasteiger partial charge in [-0.25, -0.2) is 4.68 Å². The van der Waals surface area contributed by atoms with Crippen LogP contribution >= 0.6 is 0 Å². The summed E-state index contributed by atoms with van der Waals surface area (Å²) in [5.41, 5.74) is 5.78. The Morgan fingerprint density at radius 1 is 1.38 bits per heavy atom. The maximum absolute atomic E-state index is 11.9. The van der Waals surface area contributed by atoms with Crippen LogP contribution in [0.1, 0.15) is 44.8 Å². The van der Waals surface area contributed by atoms with Gasteiger partial charge in [-0.2, -0.15) is 0 Å². The van der Waals surface area contributed by atoms with Crippen LogP contribution in [0.2, 0.25) is 0 Å². The Bertz CT molecular complexity index is 459. The van der Waals surface area contributed by atoms with Gasteiger partial charge in [-0.1, -0.05) is 25.0 Å². The highest BCUT2D eigenvalue weighted by atomic mass is 16.2. The Hall–Kier alpha value is -1.96. The minimum Gasteiger partial charge on any atom is -0.354 e. The van der Waals surface area contributed by atoms with Gasteiger partial charge in [-0.05, 0) is 13.3 Å².